The fourth-order valence-corrected chi connectivity index (χ4v) is 2.05. The number of ether oxygens (including phenoxy) is 2. The number of allylic oxidation sites excluding steroid dienone is 1. The van der Waals surface area contributed by atoms with E-state index in [1.807, 2.05) is 6.08 Å². The molecule has 0 aromatic rings. The van der Waals surface area contributed by atoms with Crippen molar-refractivity contribution < 1.29 is 9.47 Å². The average Bonchev–Trinajstić information content (AvgIpc) is 2.37. The molecule has 0 aliphatic carbocycles. The molecule has 0 amide bonds. The van der Waals surface area contributed by atoms with Gasteiger partial charge in [-0.2, -0.15) is 0 Å². The third-order valence-electron chi connectivity index (χ3n) is 3.28. The average molecular weight is 242 g/mol. The van der Waals surface area contributed by atoms with Gasteiger partial charge in [0.1, 0.15) is 0 Å². The van der Waals surface area contributed by atoms with Crippen molar-refractivity contribution in [2.24, 2.45) is 5.92 Å². The Balaban J connectivity index is 3.57. The monoisotopic (exact) mass is 242 g/mol. The van der Waals surface area contributed by atoms with E-state index < -0.39 is 0 Å². The van der Waals surface area contributed by atoms with Crippen LogP contribution in [0.15, 0.2) is 12.7 Å². The summed E-state index contributed by atoms with van der Waals surface area (Å²) in [6.07, 6.45) is 12.2. The highest BCUT2D eigenvalue weighted by Crippen LogP contribution is 2.19. The van der Waals surface area contributed by atoms with Gasteiger partial charge < -0.3 is 9.47 Å². The second-order valence-corrected chi connectivity index (χ2v) is 4.69. The van der Waals surface area contributed by atoms with Crippen LogP contribution in [0, 0.1) is 5.92 Å². The Morgan fingerprint density at radius 1 is 1.00 bits per heavy atom. The van der Waals surface area contributed by atoms with Crippen molar-refractivity contribution in [2.45, 2.75) is 64.6 Å². The van der Waals surface area contributed by atoms with Gasteiger partial charge >= 0.3 is 0 Å². The summed E-state index contributed by atoms with van der Waals surface area (Å²) in [6.45, 7) is 6.15. The fourth-order valence-electron chi connectivity index (χ4n) is 2.05. The van der Waals surface area contributed by atoms with E-state index >= 15 is 0 Å². The first-order valence-corrected chi connectivity index (χ1v) is 6.96. The third kappa shape index (κ3) is 9.37. The summed E-state index contributed by atoms with van der Waals surface area (Å²) in [5, 5.41) is 0. The smallest absolute Gasteiger partial charge is 0.157 e. The number of rotatable bonds is 12. The van der Waals surface area contributed by atoms with Gasteiger partial charge in [-0.25, -0.2) is 0 Å². The van der Waals surface area contributed by atoms with Crippen LogP contribution >= 0.6 is 0 Å². The zero-order valence-corrected chi connectivity index (χ0v) is 11.9. The van der Waals surface area contributed by atoms with Gasteiger partial charge in [-0.3, -0.25) is 0 Å². The quantitative estimate of drug-likeness (QED) is 0.284. The van der Waals surface area contributed by atoms with Gasteiger partial charge in [-0.1, -0.05) is 51.5 Å². The highest BCUT2D eigenvalue weighted by molar-refractivity contribution is 4.79. The van der Waals surface area contributed by atoms with Gasteiger partial charge in [0.25, 0.3) is 0 Å². The molecule has 0 aromatic heterocycles. The maximum atomic E-state index is 5.22. The molecule has 0 spiro atoms. The van der Waals surface area contributed by atoms with Gasteiger partial charge in [0, 0.05) is 20.6 Å². The molecule has 0 N–H and O–H groups in total. The van der Waals surface area contributed by atoms with Crippen LogP contribution in [0.5, 0.6) is 0 Å². The molecule has 0 saturated heterocycles. The largest absolute Gasteiger partial charge is 0.356 e. The van der Waals surface area contributed by atoms with Crippen LogP contribution in [0.1, 0.15) is 58.3 Å². The molecule has 0 radical (unpaired) electrons. The van der Waals surface area contributed by atoms with Crippen molar-refractivity contribution in [2.75, 3.05) is 14.2 Å². The van der Waals surface area contributed by atoms with E-state index in [0.29, 0.717) is 5.92 Å². The Morgan fingerprint density at radius 2 is 1.59 bits per heavy atom. The molecule has 17 heavy (non-hydrogen) atoms. The predicted octanol–water partition coefficient (Wildman–Crippen LogP) is 4.55. The molecule has 0 aromatic carbocycles. The first-order chi connectivity index (χ1) is 8.28. The third-order valence-corrected chi connectivity index (χ3v) is 3.28. The Labute approximate surface area is 107 Å². The van der Waals surface area contributed by atoms with Crippen LogP contribution in [0.25, 0.3) is 0 Å². The van der Waals surface area contributed by atoms with Crippen LogP contribution in [-0.4, -0.2) is 20.5 Å². The number of hydrogen-bond acceptors (Lipinski definition) is 2. The van der Waals surface area contributed by atoms with Crippen molar-refractivity contribution in [1.29, 1.82) is 0 Å². The molecular weight excluding hydrogens is 212 g/mol. The SMILES string of the molecule is C=C[C@H](CCCCCCCC)CC(OC)OC. The molecule has 0 fully saturated rings. The minimum Gasteiger partial charge on any atom is -0.356 e. The minimum absolute atomic E-state index is 0.0851. The first-order valence-electron chi connectivity index (χ1n) is 6.96. The standard InChI is InChI=1S/C15H30O2/c1-5-7-8-9-10-11-12-14(6-2)13-15(16-3)17-4/h6,14-15H,2,5,7-13H2,1,3-4H3/t14-/m1/s1. The van der Waals surface area contributed by atoms with Gasteiger partial charge in [-0.05, 0) is 12.3 Å². The topological polar surface area (TPSA) is 18.5 Å². The fraction of sp³-hybridized carbons (Fsp3) is 0.867. The maximum Gasteiger partial charge on any atom is 0.157 e. The Kier molecular flexibility index (Phi) is 11.9. The Morgan fingerprint density at radius 3 is 2.12 bits per heavy atom. The first kappa shape index (κ1) is 16.7. The van der Waals surface area contributed by atoms with Gasteiger partial charge in [0.15, 0.2) is 6.29 Å². The number of unbranched alkanes of at least 4 members (excludes halogenated alkanes) is 5. The van der Waals surface area contributed by atoms with Gasteiger partial charge in [0.05, 0.1) is 0 Å². The van der Waals surface area contributed by atoms with Crippen molar-refractivity contribution in [1.82, 2.24) is 0 Å². The molecule has 0 heterocycles. The summed E-state index contributed by atoms with van der Waals surface area (Å²) < 4.78 is 10.4. The van der Waals surface area contributed by atoms with Crippen molar-refractivity contribution in [3.8, 4) is 0 Å². The summed E-state index contributed by atoms with van der Waals surface area (Å²) in [5.74, 6) is 0.520. The zero-order chi connectivity index (χ0) is 12.9. The molecule has 0 bridgehead atoms. The van der Waals surface area contributed by atoms with Crippen molar-refractivity contribution in [3.63, 3.8) is 0 Å². The van der Waals surface area contributed by atoms with Crippen LogP contribution < -0.4 is 0 Å². The Hall–Kier alpha value is -0.340. The number of hydrogen-bond donors (Lipinski definition) is 0. The molecule has 2 heteroatoms. The molecule has 0 aliphatic rings. The highest BCUT2D eigenvalue weighted by Gasteiger charge is 2.12. The highest BCUT2D eigenvalue weighted by atomic mass is 16.7. The molecule has 0 saturated carbocycles. The van der Waals surface area contributed by atoms with Crippen molar-refractivity contribution >= 4 is 0 Å². The van der Waals surface area contributed by atoms with E-state index in [0.717, 1.165) is 6.42 Å². The summed E-state index contributed by atoms with van der Waals surface area (Å²) in [7, 11) is 3.39. The summed E-state index contributed by atoms with van der Waals surface area (Å²) >= 11 is 0. The summed E-state index contributed by atoms with van der Waals surface area (Å²) in [5.41, 5.74) is 0. The molecule has 1 atom stereocenters. The Bertz CT molecular complexity index is 164. The van der Waals surface area contributed by atoms with Gasteiger partial charge in [0.2, 0.25) is 0 Å². The van der Waals surface area contributed by atoms with E-state index in [9.17, 15) is 0 Å². The van der Waals surface area contributed by atoms with E-state index in [1.54, 1.807) is 14.2 Å². The maximum absolute atomic E-state index is 5.22. The zero-order valence-electron chi connectivity index (χ0n) is 11.9. The molecule has 0 unspecified atom stereocenters. The second-order valence-electron chi connectivity index (χ2n) is 4.69. The van der Waals surface area contributed by atoms with E-state index in [1.165, 1.54) is 44.9 Å². The predicted molar refractivity (Wildman–Crippen MR) is 74.1 cm³/mol. The molecule has 0 aliphatic heterocycles. The molecule has 2 nitrogen and oxygen atoms in total. The van der Waals surface area contributed by atoms with Crippen LogP contribution in [-0.2, 0) is 9.47 Å². The molecular formula is C15H30O2. The molecule has 102 valence electrons. The summed E-state index contributed by atoms with van der Waals surface area (Å²) in [6, 6.07) is 0. The lowest BCUT2D eigenvalue weighted by atomic mass is 9.97. The van der Waals surface area contributed by atoms with Crippen LogP contribution in [0.4, 0.5) is 0 Å². The number of methoxy groups -OCH3 is 2. The van der Waals surface area contributed by atoms with Crippen LogP contribution in [0.2, 0.25) is 0 Å². The summed E-state index contributed by atoms with van der Waals surface area (Å²) in [4.78, 5) is 0. The lowest BCUT2D eigenvalue weighted by molar-refractivity contribution is -0.111. The lowest BCUT2D eigenvalue weighted by Gasteiger charge is -2.18. The van der Waals surface area contributed by atoms with E-state index in [-0.39, 0.29) is 6.29 Å². The minimum atomic E-state index is -0.0851. The van der Waals surface area contributed by atoms with E-state index in [2.05, 4.69) is 13.5 Å². The molecule has 0 rings (SSSR count). The van der Waals surface area contributed by atoms with Gasteiger partial charge in [-0.15, -0.1) is 6.58 Å². The van der Waals surface area contributed by atoms with Crippen molar-refractivity contribution in [3.05, 3.63) is 12.7 Å². The van der Waals surface area contributed by atoms with E-state index in [4.69, 9.17) is 9.47 Å². The lowest BCUT2D eigenvalue weighted by Crippen LogP contribution is -2.17. The normalized spacial score (nSPS) is 12.9. The second kappa shape index (κ2) is 12.1. The van der Waals surface area contributed by atoms with Crippen LogP contribution in [0.3, 0.4) is 0 Å².